The lowest BCUT2D eigenvalue weighted by molar-refractivity contribution is -0.144. The topological polar surface area (TPSA) is 26.3 Å². The molecule has 0 aliphatic heterocycles. The van der Waals surface area contributed by atoms with E-state index in [1.54, 1.807) is 0 Å². The summed E-state index contributed by atoms with van der Waals surface area (Å²) in [7, 11) is 0. The predicted molar refractivity (Wildman–Crippen MR) is 99.8 cm³/mol. The molecule has 0 bridgehead atoms. The number of esters is 1. The van der Waals surface area contributed by atoms with Crippen molar-refractivity contribution in [3.05, 3.63) is 53.6 Å². The van der Waals surface area contributed by atoms with Gasteiger partial charge >= 0.3 is 5.97 Å². The quantitative estimate of drug-likeness (QED) is 0.448. The Morgan fingerprint density at radius 2 is 1.79 bits per heavy atom. The number of rotatable bonds is 7. The van der Waals surface area contributed by atoms with Crippen LogP contribution < -0.4 is 0 Å². The SMILES string of the molecule is CCCCCCCC1=CC(OC(C)=O)c2cccc3cccc1c23. The molecule has 24 heavy (non-hydrogen) atoms. The predicted octanol–water partition coefficient (Wildman–Crippen LogP) is 6.20. The maximum absolute atomic E-state index is 11.5. The van der Waals surface area contributed by atoms with Gasteiger partial charge in [0.1, 0.15) is 6.10 Å². The number of benzene rings is 2. The Hall–Kier alpha value is -2.09. The second-order valence-electron chi connectivity index (χ2n) is 6.64. The van der Waals surface area contributed by atoms with Crippen LogP contribution in [0, 0.1) is 0 Å². The van der Waals surface area contributed by atoms with Crippen molar-refractivity contribution in [3.63, 3.8) is 0 Å². The van der Waals surface area contributed by atoms with Crippen LogP contribution in [-0.2, 0) is 9.53 Å². The largest absolute Gasteiger partial charge is 0.453 e. The van der Waals surface area contributed by atoms with Gasteiger partial charge < -0.3 is 4.74 Å². The molecule has 3 rings (SSSR count). The molecule has 0 saturated carbocycles. The van der Waals surface area contributed by atoms with E-state index >= 15 is 0 Å². The van der Waals surface area contributed by atoms with Crippen LogP contribution in [-0.4, -0.2) is 5.97 Å². The number of carbonyl (C=O) groups is 1. The number of allylic oxidation sites excluding steroid dienone is 1. The van der Waals surface area contributed by atoms with Gasteiger partial charge in [0, 0.05) is 12.5 Å². The van der Waals surface area contributed by atoms with Crippen LogP contribution in [0.1, 0.15) is 69.6 Å². The zero-order valence-electron chi connectivity index (χ0n) is 14.7. The first-order chi connectivity index (χ1) is 11.7. The Kier molecular flexibility index (Phi) is 5.34. The average Bonchev–Trinajstić information content (AvgIpc) is 2.58. The highest BCUT2D eigenvalue weighted by Crippen LogP contribution is 2.40. The van der Waals surface area contributed by atoms with Crippen molar-refractivity contribution in [2.75, 3.05) is 0 Å². The standard InChI is InChI=1S/C22H26O2/c1-3-4-5-6-7-10-18-15-21(24-16(2)23)20-14-9-12-17-11-8-13-19(18)22(17)20/h8-9,11-15,21H,3-7,10H2,1-2H3. The van der Waals surface area contributed by atoms with E-state index in [-0.39, 0.29) is 12.1 Å². The van der Waals surface area contributed by atoms with Crippen molar-refractivity contribution in [2.45, 2.75) is 58.5 Å². The summed E-state index contributed by atoms with van der Waals surface area (Å²) >= 11 is 0. The van der Waals surface area contributed by atoms with E-state index in [1.165, 1.54) is 60.9 Å². The van der Waals surface area contributed by atoms with Crippen molar-refractivity contribution in [3.8, 4) is 0 Å². The van der Waals surface area contributed by atoms with E-state index in [4.69, 9.17) is 4.74 Å². The zero-order chi connectivity index (χ0) is 16.9. The normalized spacial score (nSPS) is 16.1. The maximum Gasteiger partial charge on any atom is 0.303 e. The van der Waals surface area contributed by atoms with Crippen LogP contribution in [0.5, 0.6) is 0 Å². The van der Waals surface area contributed by atoms with Crippen LogP contribution in [0.15, 0.2) is 42.5 Å². The molecule has 1 unspecified atom stereocenters. The summed E-state index contributed by atoms with van der Waals surface area (Å²) < 4.78 is 5.60. The molecule has 0 saturated heterocycles. The summed E-state index contributed by atoms with van der Waals surface area (Å²) in [4.78, 5) is 11.5. The third-order valence-electron chi connectivity index (χ3n) is 4.78. The minimum absolute atomic E-state index is 0.227. The highest BCUT2D eigenvalue weighted by atomic mass is 16.5. The lowest BCUT2D eigenvalue weighted by atomic mass is 9.84. The fourth-order valence-corrected chi connectivity index (χ4v) is 3.65. The Morgan fingerprint density at radius 3 is 2.54 bits per heavy atom. The van der Waals surface area contributed by atoms with Gasteiger partial charge in [-0.3, -0.25) is 4.79 Å². The van der Waals surface area contributed by atoms with Crippen molar-refractivity contribution in [2.24, 2.45) is 0 Å². The summed E-state index contributed by atoms with van der Waals surface area (Å²) in [5.41, 5.74) is 3.73. The minimum Gasteiger partial charge on any atom is -0.453 e. The van der Waals surface area contributed by atoms with Gasteiger partial charge in [-0.1, -0.05) is 69.0 Å². The van der Waals surface area contributed by atoms with E-state index in [0.717, 1.165) is 12.0 Å². The highest BCUT2D eigenvalue weighted by molar-refractivity contribution is 5.98. The fraction of sp³-hybridized carbons (Fsp3) is 0.409. The molecule has 0 amide bonds. The van der Waals surface area contributed by atoms with E-state index in [9.17, 15) is 4.79 Å². The molecule has 0 spiro atoms. The van der Waals surface area contributed by atoms with Crippen molar-refractivity contribution < 1.29 is 9.53 Å². The second-order valence-corrected chi connectivity index (χ2v) is 6.64. The Morgan fingerprint density at radius 1 is 1.04 bits per heavy atom. The number of hydrogen-bond acceptors (Lipinski definition) is 2. The first-order valence-electron chi connectivity index (χ1n) is 9.10. The minimum atomic E-state index is -0.258. The van der Waals surface area contributed by atoms with Gasteiger partial charge in [-0.05, 0) is 40.8 Å². The molecular formula is C22H26O2. The number of carbonyl (C=O) groups excluding carboxylic acids is 1. The van der Waals surface area contributed by atoms with E-state index in [0.29, 0.717) is 0 Å². The van der Waals surface area contributed by atoms with Gasteiger partial charge in [-0.2, -0.15) is 0 Å². The average molecular weight is 322 g/mol. The van der Waals surface area contributed by atoms with Crippen molar-refractivity contribution >= 4 is 22.3 Å². The molecular weight excluding hydrogens is 296 g/mol. The summed E-state index contributed by atoms with van der Waals surface area (Å²) in [5.74, 6) is -0.227. The van der Waals surface area contributed by atoms with E-state index < -0.39 is 0 Å². The van der Waals surface area contributed by atoms with Crippen LogP contribution in [0.3, 0.4) is 0 Å². The van der Waals surface area contributed by atoms with Crippen LogP contribution in [0.4, 0.5) is 0 Å². The zero-order valence-corrected chi connectivity index (χ0v) is 14.7. The Labute approximate surface area is 144 Å². The first kappa shape index (κ1) is 16.8. The summed E-state index contributed by atoms with van der Waals surface area (Å²) in [6.07, 6.45) is 9.28. The fourth-order valence-electron chi connectivity index (χ4n) is 3.65. The lowest BCUT2D eigenvalue weighted by Gasteiger charge is -2.25. The summed E-state index contributed by atoms with van der Waals surface area (Å²) in [5, 5.41) is 2.47. The highest BCUT2D eigenvalue weighted by Gasteiger charge is 2.23. The molecule has 2 heteroatoms. The van der Waals surface area contributed by atoms with E-state index in [1.807, 2.05) is 6.07 Å². The molecule has 0 fully saturated rings. The molecule has 0 heterocycles. The van der Waals surface area contributed by atoms with Crippen molar-refractivity contribution in [1.29, 1.82) is 0 Å². The molecule has 0 radical (unpaired) electrons. The van der Waals surface area contributed by atoms with Gasteiger partial charge in [0.2, 0.25) is 0 Å². The maximum atomic E-state index is 11.5. The lowest BCUT2D eigenvalue weighted by Crippen LogP contribution is -2.11. The van der Waals surface area contributed by atoms with Crippen molar-refractivity contribution in [1.82, 2.24) is 0 Å². The first-order valence-corrected chi connectivity index (χ1v) is 9.10. The molecule has 2 nitrogen and oxygen atoms in total. The van der Waals surface area contributed by atoms with Gasteiger partial charge in [0.05, 0.1) is 0 Å². The molecule has 0 aromatic heterocycles. The molecule has 1 aliphatic rings. The molecule has 126 valence electrons. The number of ether oxygens (including phenoxy) is 1. The van der Waals surface area contributed by atoms with Gasteiger partial charge in [0.15, 0.2) is 0 Å². The second kappa shape index (κ2) is 7.65. The van der Waals surface area contributed by atoms with E-state index in [2.05, 4.69) is 43.3 Å². The number of hydrogen-bond donors (Lipinski definition) is 0. The van der Waals surface area contributed by atoms with Gasteiger partial charge in [-0.25, -0.2) is 0 Å². The monoisotopic (exact) mass is 322 g/mol. The molecule has 0 N–H and O–H groups in total. The van der Waals surface area contributed by atoms with Crippen LogP contribution in [0.25, 0.3) is 16.3 Å². The number of unbranched alkanes of at least 4 members (excludes halogenated alkanes) is 4. The Bertz CT molecular complexity index is 752. The molecule has 2 aromatic rings. The van der Waals surface area contributed by atoms with Gasteiger partial charge in [0.25, 0.3) is 0 Å². The summed E-state index contributed by atoms with van der Waals surface area (Å²) in [6.45, 7) is 3.73. The smallest absolute Gasteiger partial charge is 0.303 e. The van der Waals surface area contributed by atoms with Gasteiger partial charge in [-0.15, -0.1) is 0 Å². The summed E-state index contributed by atoms with van der Waals surface area (Å²) in [6, 6.07) is 12.7. The third-order valence-corrected chi connectivity index (χ3v) is 4.78. The molecule has 2 aromatic carbocycles. The third kappa shape index (κ3) is 3.53. The molecule has 1 atom stereocenters. The van der Waals surface area contributed by atoms with Crippen LogP contribution >= 0.6 is 0 Å². The molecule has 1 aliphatic carbocycles. The Balaban J connectivity index is 1.90. The van der Waals surface area contributed by atoms with Crippen LogP contribution in [0.2, 0.25) is 0 Å².